The molecule has 3 rings (SSSR count). The van der Waals surface area contributed by atoms with Gasteiger partial charge in [0, 0.05) is 0 Å². The van der Waals surface area contributed by atoms with Crippen molar-refractivity contribution in [3.8, 4) is 0 Å². The fourth-order valence-electron chi connectivity index (χ4n) is 4.76. The van der Waals surface area contributed by atoms with E-state index in [1.807, 2.05) is 0 Å². The SMILES string of the molecule is CCCCCCCCCCCCCC[N+]12CCC(CC1)CC2.[Cl-]. The number of quaternary nitrogens is 1. The van der Waals surface area contributed by atoms with E-state index in [-0.39, 0.29) is 12.4 Å². The maximum atomic E-state index is 2.30. The molecule has 0 spiro atoms. The lowest BCUT2D eigenvalue weighted by Crippen LogP contribution is -3.00. The van der Waals surface area contributed by atoms with Gasteiger partial charge in [-0.3, -0.25) is 0 Å². The van der Waals surface area contributed by atoms with Crippen molar-refractivity contribution >= 4 is 0 Å². The van der Waals surface area contributed by atoms with Gasteiger partial charge in [0.1, 0.15) is 0 Å². The predicted octanol–water partition coefficient (Wildman–Crippen LogP) is 3.32. The summed E-state index contributed by atoms with van der Waals surface area (Å²) in [6, 6.07) is 0. The third-order valence-electron chi connectivity index (χ3n) is 6.52. The second kappa shape index (κ2) is 12.6. The van der Waals surface area contributed by atoms with E-state index in [4.69, 9.17) is 0 Å². The Balaban J connectivity index is 0.00000264. The molecule has 3 saturated heterocycles. The van der Waals surface area contributed by atoms with Crippen LogP contribution < -0.4 is 12.4 Å². The first-order valence-electron chi connectivity index (χ1n) is 10.7. The number of halogens is 1. The molecule has 138 valence electrons. The predicted molar refractivity (Wildman–Crippen MR) is 98.1 cm³/mol. The average Bonchev–Trinajstić information content (AvgIpc) is 2.57. The monoisotopic (exact) mass is 343 g/mol. The molecule has 0 aromatic heterocycles. The quantitative estimate of drug-likeness (QED) is 0.355. The van der Waals surface area contributed by atoms with Crippen molar-refractivity contribution in [2.75, 3.05) is 26.2 Å². The van der Waals surface area contributed by atoms with Gasteiger partial charge in [0.25, 0.3) is 0 Å². The Bertz CT molecular complexity index is 257. The topological polar surface area (TPSA) is 0 Å². The van der Waals surface area contributed by atoms with Crippen molar-refractivity contribution in [1.29, 1.82) is 0 Å². The van der Waals surface area contributed by atoms with Crippen LogP contribution in [0.4, 0.5) is 0 Å². The number of rotatable bonds is 13. The summed E-state index contributed by atoms with van der Waals surface area (Å²) in [5, 5.41) is 0. The van der Waals surface area contributed by atoms with E-state index in [1.54, 1.807) is 0 Å². The Labute approximate surface area is 152 Å². The van der Waals surface area contributed by atoms with Crippen LogP contribution in [0.5, 0.6) is 0 Å². The molecule has 0 aromatic rings. The van der Waals surface area contributed by atoms with Gasteiger partial charge in [0.15, 0.2) is 0 Å². The number of hydrogen-bond donors (Lipinski definition) is 0. The van der Waals surface area contributed by atoms with Crippen molar-refractivity contribution in [2.45, 2.75) is 103 Å². The van der Waals surface area contributed by atoms with Crippen LogP contribution in [0.3, 0.4) is 0 Å². The van der Waals surface area contributed by atoms with E-state index >= 15 is 0 Å². The number of hydrogen-bond acceptors (Lipinski definition) is 0. The molecule has 2 heteroatoms. The molecule has 23 heavy (non-hydrogen) atoms. The third-order valence-corrected chi connectivity index (χ3v) is 6.52. The van der Waals surface area contributed by atoms with Crippen molar-refractivity contribution in [2.24, 2.45) is 5.92 Å². The number of fused-ring (bicyclic) bond motifs is 3. The first kappa shape index (κ1) is 21.3. The van der Waals surface area contributed by atoms with E-state index < -0.39 is 0 Å². The molecule has 0 N–H and O–H groups in total. The van der Waals surface area contributed by atoms with Crippen LogP contribution in [-0.4, -0.2) is 30.7 Å². The van der Waals surface area contributed by atoms with Crippen molar-refractivity contribution < 1.29 is 16.9 Å². The van der Waals surface area contributed by atoms with E-state index in [1.165, 1.54) is 127 Å². The summed E-state index contributed by atoms with van der Waals surface area (Å²) in [7, 11) is 0. The van der Waals surface area contributed by atoms with Crippen molar-refractivity contribution in [3.63, 3.8) is 0 Å². The minimum absolute atomic E-state index is 0. The zero-order chi connectivity index (χ0) is 15.5. The van der Waals surface area contributed by atoms with E-state index in [0.29, 0.717) is 0 Å². The van der Waals surface area contributed by atoms with Gasteiger partial charge in [-0.2, -0.15) is 0 Å². The highest BCUT2D eigenvalue weighted by Gasteiger charge is 2.38. The first-order valence-corrected chi connectivity index (χ1v) is 10.7. The molecule has 0 amide bonds. The highest BCUT2D eigenvalue weighted by molar-refractivity contribution is 4.71. The lowest BCUT2D eigenvalue weighted by molar-refractivity contribution is -0.942. The van der Waals surface area contributed by atoms with Crippen LogP contribution in [0.2, 0.25) is 0 Å². The Morgan fingerprint density at radius 3 is 1.43 bits per heavy atom. The van der Waals surface area contributed by atoms with Crippen LogP contribution in [0, 0.1) is 5.92 Å². The Hall–Kier alpha value is 0.250. The summed E-state index contributed by atoms with van der Waals surface area (Å²) in [6.45, 7) is 8.36. The smallest absolute Gasteiger partial charge is 0.0789 e. The highest BCUT2D eigenvalue weighted by Crippen LogP contribution is 2.33. The normalized spacial score (nSPS) is 26.2. The fourth-order valence-corrected chi connectivity index (χ4v) is 4.76. The highest BCUT2D eigenvalue weighted by atomic mass is 35.5. The summed E-state index contributed by atoms with van der Waals surface area (Å²) in [4.78, 5) is 0. The van der Waals surface area contributed by atoms with Gasteiger partial charge in [-0.1, -0.05) is 71.1 Å². The van der Waals surface area contributed by atoms with Crippen LogP contribution in [0.15, 0.2) is 0 Å². The third kappa shape index (κ3) is 8.25. The lowest BCUT2D eigenvalue weighted by Gasteiger charge is -2.49. The van der Waals surface area contributed by atoms with E-state index in [9.17, 15) is 0 Å². The number of unbranched alkanes of at least 4 members (excludes halogenated alkanes) is 11. The molecular weight excluding hydrogens is 302 g/mol. The van der Waals surface area contributed by atoms with Crippen LogP contribution in [-0.2, 0) is 0 Å². The largest absolute Gasteiger partial charge is 1.00 e. The maximum absolute atomic E-state index is 2.30. The maximum Gasteiger partial charge on any atom is 0.0789 e. The summed E-state index contributed by atoms with van der Waals surface area (Å²) in [5.41, 5.74) is 0. The molecule has 1 nitrogen and oxygen atoms in total. The van der Waals surface area contributed by atoms with Gasteiger partial charge in [0.05, 0.1) is 26.2 Å². The molecule has 3 fully saturated rings. The average molecular weight is 344 g/mol. The van der Waals surface area contributed by atoms with Gasteiger partial charge >= 0.3 is 0 Å². The summed E-state index contributed by atoms with van der Waals surface area (Å²) >= 11 is 0. The van der Waals surface area contributed by atoms with Crippen molar-refractivity contribution in [3.05, 3.63) is 0 Å². The molecule has 0 unspecified atom stereocenters. The zero-order valence-corrected chi connectivity index (χ0v) is 16.6. The fraction of sp³-hybridized carbons (Fsp3) is 1.00. The molecule has 2 bridgehead atoms. The molecule has 0 aliphatic carbocycles. The minimum Gasteiger partial charge on any atom is -1.00 e. The molecule has 0 aromatic carbocycles. The number of piperidine rings is 3. The van der Waals surface area contributed by atoms with Crippen molar-refractivity contribution in [1.82, 2.24) is 0 Å². The van der Waals surface area contributed by atoms with Gasteiger partial charge in [-0.25, -0.2) is 0 Å². The molecule has 3 heterocycles. The molecule has 0 atom stereocenters. The van der Waals surface area contributed by atoms with Gasteiger partial charge < -0.3 is 16.9 Å². The standard InChI is InChI=1S/C21H42N.ClH/c1-2-3-4-5-6-7-8-9-10-11-12-13-17-22-18-14-21(15-19-22)16-20-22;/h21H,2-20H2,1H3;1H/q+1;/p-1. The number of nitrogens with zero attached hydrogens (tertiary/aromatic N) is 1. The van der Waals surface area contributed by atoms with Gasteiger partial charge in [0.2, 0.25) is 0 Å². The first-order chi connectivity index (χ1) is 10.8. The van der Waals surface area contributed by atoms with Gasteiger partial charge in [-0.05, 0) is 38.0 Å². The summed E-state index contributed by atoms with van der Waals surface area (Å²) in [5.74, 6) is 1.11. The minimum atomic E-state index is 0. The molecule has 3 aliphatic rings. The Kier molecular flexibility index (Phi) is 11.7. The second-order valence-electron chi connectivity index (χ2n) is 8.36. The Morgan fingerprint density at radius 1 is 0.609 bits per heavy atom. The molecular formula is C21H42ClN. The summed E-state index contributed by atoms with van der Waals surface area (Å²) < 4.78 is 1.51. The lowest BCUT2D eigenvalue weighted by atomic mass is 9.85. The van der Waals surface area contributed by atoms with Crippen LogP contribution in [0.1, 0.15) is 103 Å². The van der Waals surface area contributed by atoms with Gasteiger partial charge in [-0.15, -0.1) is 0 Å². The van der Waals surface area contributed by atoms with E-state index in [0.717, 1.165) is 5.92 Å². The van der Waals surface area contributed by atoms with Crippen LogP contribution >= 0.6 is 0 Å². The molecule has 3 aliphatic heterocycles. The van der Waals surface area contributed by atoms with Crippen LogP contribution in [0.25, 0.3) is 0 Å². The molecule has 0 radical (unpaired) electrons. The van der Waals surface area contributed by atoms with E-state index in [2.05, 4.69) is 6.92 Å². The molecule has 0 saturated carbocycles. The second-order valence-corrected chi connectivity index (χ2v) is 8.36. The Morgan fingerprint density at radius 2 is 1.00 bits per heavy atom. The summed E-state index contributed by atoms with van der Waals surface area (Å²) in [6.07, 6.45) is 22.4. The zero-order valence-electron chi connectivity index (χ0n) is 15.8.